The van der Waals surface area contributed by atoms with Gasteiger partial charge in [0.25, 0.3) is 0 Å². The van der Waals surface area contributed by atoms with E-state index in [0.29, 0.717) is 0 Å². The molecule has 0 unspecified atom stereocenters. The number of carbonyl (C=O) groups is 1. The van der Waals surface area contributed by atoms with Crippen LogP contribution in [0, 0.1) is 0 Å². The van der Waals surface area contributed by atoms with Gasteiger partial charge in [0.1, 0.15) is 0 Å². The molecule has 1 heterocycles. The van der Waals surface area contributed by atoms with E-state index in [4.69, 9.17) is 5.11 Å². The molecule has 0 aromatic carbocycles. The quantitative estimate of drug-likeness (QED) is 0.735. The van der Waals surface area contributed by atoms with Crippen LogP contribution >= 0.6 is 0 Å². The summed E-state index contributed by atoms with van der Waals surface area (Å²) in [4.78, 5) is 10.4. The molecule has 1 N–H and O–H groups in total. The molecule has 0 saturated heterocycles. The lowest BCUT2D eigenvalue weighted by atomic mass is 10.2. The summed E-state index contributed by atoms with van der Waals surface area (Å²) in [5.41, 5.74) is 2.05. The Balaban J connectivity index is 2.82. The zero-order valence-corrected chi connectivity index (χ0v) is 7.37. The number of nitrogens with zero attached hydrogens (tertiary/aromatic N) is 1. The molecular formula is C9H13NO2. The van der Waals surface area contributed by atoms with Crippen molar-refractivity contribution in [2.75, 3.05) is 0 Å². The lowest BCUT2D eigenvalue weighted by Crippen LogP contribution is -1.98. The van der Waals surface area contributed by atoms with Crippen LogP contribution in [0.4, 0.5) is 0 Å². The number of carboxylic acids is 1. The monoisotopic (exact) mass is 167 g/mol. The normalized spacial score (nSPS) is 10.2. The number of hydrogen-bond acceptors (Lipinski definition) is 1. The molecule has 0 amide bonds. The molecule has 0 bridgehead atoms. The van der Waals surface area contributed by atoms with E-state index in [9.17, 15) is 4.79 Å². The molecule has 1 aromatic heterocycles. The smallest absolute Gasteiger partial charge is 0.307 e. The van der Waals surface area contributed by atoms with Gasteiger partial charge in [-0.25, -0.2) is 0 Å². The molecular weight excluding hydrogens is 154 g/mol. The maximum Gasteiger partial charge on any atom is 0.307 e. The van der Waals surface area contributed by atoms with Crippen LogP contribution in [0.1, 0.15) is 18.2 Å². The van der Waals surface area contributed by atoms with Gasteiger partial charge in [0.15, 0.2) is 0 Å². The summed E-state index contributed by atoms with van der Waals surface area (Å²) in [7, 11) is 1.93. The van der Waals surface area contributed by atoms with E-state index < -0.39 is 5.97 Å². The minimum atomic E-state index is -0.775. The third kappa shape index (κ3) is 1.87. The fraction of sp³-hybridized carbons (Fsp3) is 0.444. The molecule has 0 aliphatic heterocycles. The largest absolute Gasteiger partial charge is 0.481 e. The minimum Gasteiger partial charge on any atom is -0.481 e. The number of carboxylic acid groups (broad SMARTS) is 1. The molecule has 3 nitrogen and oxygen atoms in total. The minimum absolute atomic E-state index is 0.119. The molecule has 0 radical (unpaired) electrons. The van der Waals surface area contributed by atoms with Gasteiger partial charge >= 0.3 is 5.97 Å². The molecule has 0 saturated carbocycles. The van der Waals surface area contributed by atoms with Gasteiger partial charge in [0.05, 0.1) is 6.42 Å². The Bertz CT molecular complexity index is 289. The van der Waals surface area contributed by atoms with Gasteiger partial charge < -0.3 is 9.67 Å². The van der Waals surface area contributed by atoms with Crippen LogP contribution in [-0.2, 0) is 24.7 Å². The Morgan fingerprint density at radius 2 is 2.33 bits per heavy atom. The molecule has 0 aliphatic rings. The van der Waals surface area contributed by atoms with E-state index in [1.807, 2.05) is 23.9 Å². The van der Waals surface area contributed by atoms with E-state index >= 15 is 0 Å². The molecule has 0 fully saturated rings. The predicted octanol–water partition coefficient (Wildman–Crippen LogP) is 1.21. The SMILES string of the molecule is CCc1cc(CC(=O)O)cn1C. The second-order valence-corrected chi connectivity index (χ2v) is 2.87. The van der Waals surface area contributed by atoms with Crippen molar-refractivity contribution in [1.82, 2.24) is 4.57 Å². The number of aromatic nitrogens is 1. The predicted molar refractivity (Wildman–Crippen MR) is 46.1 cm³/mol. The maximum absolute atomic E-state index is 10.4. The molecule has 66 valence electrons. The van der Waals surface area contributed by atoms with E-state index in [2.05, 4.69) is 6.92 Å². The highest BCUT2D eigenvalue weighted by Crippen LogP contribution is 2.08. The molecule has 0 spiro atoms. The number of hydrogen-bond donors (Lipinski definition) is 1. The van der Waals surface area contributed by atoms with Crippen molar-refractivity contribution >= 4 is 5.97 Å². The Kier molecular flexibility index (Phi) is 2.53. The average molecular weight is 167 g/mol. The first-order chi connectivity index (χ1) is 5.63. The van der Waals surface area contributed by atoms with Crippen LogP contribution in [0.3, 0.4) is 0 Å². The maximum atomic E-state index is 10.4. The van der Waals surface area contributed by atoms with Gasteiger partial charge in [0.2, 0.25) is 0 Å². The Labute approximate surface area is 71.6 Å². The fourth-order valence-electron chi connectivity index (χ4n) is 1.31. The summed E-state index contributed by atoms with van der Waals surface area (Å²) >= 11 is 0. The second-order valence-electron chi connectivity index (χ2n) is 2.87. The van der Waals surface area contributed by atoms with E-state index in [1.54, 1.807) is 0 Å². The standard InChI is InChI=1S/C9H13NO2/c1-3-8-4-7(5-9(11)12)6-10(8)2/h4,6H,3,5H2,1-2H3,(H,11,12). The highest BCUT2D eigenvalue weighted by molar-refractivity contribution is 5.70. The van der Waals surface area contributed by atoms with Gasteiger partial charge in [-0.1, -0.05) is 6.92 Å². The number of aliphatic carboxylic acids is 1. The van der Waals surface area contributed by atoms with E-state index in [1.165, 1.54) is 5.69 Å². The summed E-state index contributed by atoms with van der Waals surface area (Å²) in [6.07, 6.45) is 2.93. The molecule has 1 rings (SSSR count). The third-order valence-electron chi connectivity index (χ3n) is 1.88. The summed E-state index contributed by atoms with van der Waals surface area (Å²) in [5, 5.41) is 8.53. The van der Waals surface area contributed by atoms with Crippen molar-refractivity contribution in [3.63, 3.8) is 0 Å². The fourth-order valence-corrected chi connectivity index (χ4v) is 1.31. The average Bonchev–Trinajstić information content (AvgIpc) is 2.29. The van der Waals surface area contributed by atoms with Crippen molar-refractivity contribution in [3.8, 4) is 0 Å². The first-order valence-electron chi connectivity index (χ1n) is 3.99. The Morgan fingerprint density at radius 3 is 2.75 bits per heavy atom. The lowest BCUT2D eigenvalue weighted by Gasteiger charge is -1.95. The van der Waals surface area contributed by atoms with Crippen LogP contribution in [0.2, 0.25) is 0 Å². The van der Waals surface area contributed by atoms with Crippen LogP contribution in [0.5, 0.6) is 0 Å². The summed E-state index contributed by atoms with van der Waals surface area (Å²) < 4.78 is 1.97. The molecule has 3 heteroatoms. The van der Waals surface area contributed by atoms with Gasteiger partial charge in [-0.15, -0.1) is 0 Å². The zero-order valence-electron chi connectivity index (χ0n) is 7.37. The molecule has 0 atom stereocenters. The number of rotatable bonds is 3. The topological polar surface area (TPSA) is 42.2 Å². The first-order valence-corrected chi connectivity index (χ1v) is 3.99. The van der Waals surface area contributed by atoms with Gasteiger partial charge in [-0.3, -0.25) is 4.79 Å². The van der Waals surface area contributed by atoms with Crippen LogP contribution < -0.4 is 0 Å². The molecule has 0 aliphatic carbocycles. The van der Waals surface area contributed by atoms with Gasteiger partial charge in [0, 0.05) is 18.9 Å². The lowest BCUT2D eigenvalue weighted by molar-refractivity contribution is -0.136. The van der Waals surface area contributed by atoms with E-state index in [-0.39, 0.29) is 6.42 Å². The van der Waals surface area contributed by atoms with Crippen molar-refractivity contribution < 1.29 is 9.90 Å². The van der Waals surface area contributed by atoms with Crippen molar-refractivity contribution in [2.24, 2.45) is 7.05 Å². The van der Waals surface area contributed by atoms with Crippen molar-refractivity contribution in [1.29, 1.82) is 0 Å². The summed E-state index contributed by atoms with van der Waals surface area (Å²) in [6.45, 7) is 2.06. The molecule has 12 heavy (non-hydrogen) atoms. The summed E-state index contributed by atoms with van der Waals surface area (Å²) in [5.74, 6) is -0.775. The second kappa shape index (κ2) is 3.43. The first kappa shape index (κ1) is 8.84. The van der Waals surface area contributed by atoms with Crippen LogP contribution in [0.25, 0.3) is 0 Å². The van der Waals surface area contributed by atoms with E-state index in [0.717, 1.165) is 12.0 Å². The highest BCUT2D eigenvalue weighted by Gasteiger charge is 2.04. The summed E-state index contributed by atoms with van der Waals surface area (Å²) in [6, 6.07) is 1.94. The highest BCUT2D eigenvalue weighted by atomic mass is 16.4. The number of aryl methyl sites for hydroxylation is 2. The molecule has 1 aromatic rings. The van der Waals surface area contributed by atoms with Crippen molar-refractivity contribution in [3.05, 3.63) is 23.5 Å². The Hall–Kier alpha value is -1.25. The Morgan fingerprint density at radius 1 is 1.67 bits per heavy atom. The van der Waals surface area contributed by atoms with Gasteiger partial charge in [-0.2, -0.15) is 0 Å². The zero-order chi connectivity index (χ0) is 9.14. The van der Waals surface area contributed by atoms with Gasteiger partial charge in [-0.05, 0) is 18.1 Å². The third-order valence-corrected chi connectivity index (χ3v) is 1.88. The van der Waals surface area contributed by atoms with Crippen LogP contribution in [-0.4, -0.2) is 15.6 Å². The van der Waals surface area contributed by atoms with Crippen molar-refractivity contribution in [2.45, 2.75) is 19.8 Å². The van der Waals surface area contributed by atoms with Crippen LogP contribution in [0.15, 0.2) is 12.3 Å².